The Bertz CT molecular complexity index is 745. The van der Waals surface area contributed by atoms with Gasteiger partial charge in [-0.05, 0) is 31.5 Å². The summed E-state index contributed by atoms with van der Waals surface area (Å²) in [6, 6.07) is 13.2. The summed E-state index contributed by atoms with van der Waals surface area (Å²) in [5.41, 5.74) is 1.01. The number of urea groups is 1. The second kappa shape index (κ2) is 11.1. The van der Waals surface area contributed by atoms with Gasteiger partial charge in [-0.25, -0.2) is 4.79 Å². The number of aryl methyl sites for hydroxylation is 1. The van der Waals surface area contributed by atoms with E-state index in [0.29, 0.717) is 38.5 Å². The Labute approximate surface area is 166 Å². The summed E-state index contributed by atoms with van der Waals surface area (Å²) < 4.78 is 10.7. The van der Waals surface area contributed by atoms with Crippen LogP contribution in [0.5, 0.6) is 0 Å². The standard InChI is InChI=1S/C21H29N3O4/c1-4-22-21(26)23(12-13-27-3)16-20(25)24(14-18-8-6-5-7-9-18)15-19-11-10-17(2)28-19/h5-11H,4,12-16H2,1-3H3,(H,22,26). The van der Waals surface area contributed by atoms with Crippen LogP contribution in [0.15, 0.2) is 46.9 Å². The Morgan fingerprint density at radius 2 is 1.82 bits per heavy atom. The van der Waals surface area contributed by atoms with Crippen molar-refractivity contribution in [3.63, 3.8) is 0 Å². The highest BCUT2D eigenvalue weighted by Gasteiger charge is 2.22. The SMILES string of the molecule is CCNC(=O)N(CCOC)CC(=O)N(Cc1ccccc1)Cc1ccc(C)o1. The molecule has 0 fully saturated rings. The zero-order chi connectivity index (χ0) is 20.4. The first-order valence-corrected chi connectivity index (χ1v) is 9.42. The van der Waals surface area contributed by atoms with Gasteiger partial charge in [0.25, 0.3) is 0 Å². The highest BCUT2D eigenvalue weighted by atomic mass is 16.5. The summed E-state index contributed by atoms with van der Waals surface area (Å²) in [4.78, 5) is 28.5. The fraction of sp³-hybridized carbons (Fsp3) is 0.429. The Balaban J connectivity index is 2.14. The van der Waals surface area contributed by atoms with Crippen LogP contribution >= 0.6 is 0 Å². The molecule has 0 aliphatic carbocycles. The molecule has 7 nitrogen and oxygen atoms in total. The fourth-order valence-electron chi connectivity index (χ4n) is 2.77. The predicted molar refractivity (Wildman–Crippen MR) is 107 cm³/mol. The third kappa shape index (κ3) is 6.74. The lowest BCUT2D eigenvalue weighted by molar-refractivity contribution is -0.133. The highest BCUT2D eigenvalue weighted by molar-refractivity contribution is 5.84. The minimum absolute atomic E-state index is 0.0261. The van der Waals surface area contributed by atoms with Crippen molar-refractivity contribution in [1.29, 1.82) is 0 Å². The number of hydrogen-bond donors (Lipinski definition) is 1. The lowest BCUT2D eigenvalue weighted by Gasteiger charge is -2.27. The number of hydrogen-bond acceptors (Lipinski definition) is 4. The molecular weight excluding hydrogens is 358 g/mol. The average Bonchev–Trinajstić information content (AvgIpc) is 3.10. The molecule has 0 bridgehead atoms. The molecule has 1 aromatic heterocycles. The Morgan fingerprint density at radius 3 is 2.43 bits per heavy atom. The van der Waals surface area contributed by atoms with Crippen LogP contribution < -0.4 is 5.32 Å². The smallest absolute Gasteiger partial charge is 0.317 e. The van der Waals surface area contributed by atoms with E-state index in [-0.39, 0.29) is 18.5 Å². The van der Waals surface area contributed by atoms with Crippen molar-refractivity contribution in [2.75, 3.05) is 33.4 Å². The van der Waals surface area contributed by atoms with E-state index in [4.69, 9.17) is 9.15 Å². The van der Waals surface area contributed by atoms with E-state index < -0.39 is 0 Å². The van der Waals surface area contributed by atoms with Gasteiger partial charge in [-0.3, -0.25) is 4.79 Å². The van der Waals surface area contributed by atoms with Crippen molar-refractivity contribution < 1.29 is 18.7 Å². The molecule has 0 atom stereocenters. The number of nitrogens with one attached hydrogen (secondary N) is 1. The lowest BCUT2D eigenvalue weighted by atomic mass is 10.2. The van der Waals surface area contributed by atoms with Gasteiger partial charge in [0, 0.05) is 26.7 Å². The van der Waals surface area contributed by atoms with Crippen LogP contribution in [-0.2, 0) is 22.6 Å². The topological polar surface area (TPSA) is 75.0 Å². The Kier molecular flexibility index (Phi) is 8.55. The van der Waals surface area contributed by atoms with Crippen LogP contribution in [0, 0.1) is 6.92 Å². The number of benzene rings is 1. The van der Waals surface area contributed by atoms with Crippen molar-refractivity contribution in [3.05, 3.63) is 59.5 Å². The lowest BCUT2D eigenvalue weighted by Crippen LogP contribution is -2.47. The molecule has 2 aromatic rings. The number of ether oxygens (including phenoxy) is 1. The molecule has 0 aliphatic heterocycles. The second-order valence-electron chi connectivity index (χ2n) is 6.50. The van der Waals surface area contributed by atoms with Gasteiger partial charge in [-0.15, -0.1) is 0 Å². The summed E-state index contributed by atoms with van der Waals surface area (Å²) in [6.07, 6.45) is 0. The van der Waals surface area contributed by atoms with Crippen molar-refractivity contribution in [2.24, 2.45) is 0 Å². The number of carbonyl (C=O) groups excluding carboxylic acids is 2. The molecule has 0 spiro atoms. The number of carbonyl (C=O) groups is 2. The molecule has 1 aromatic carbocycles. The first-order chi connectivity index (χ1) is 13.5. The van der Waals surface area contributed by atoms with E-state index in [9.17, 15) is 9.59 Å². The van der Waals surface area contributed by atoms with Crippen LogP contribution in [0.1, 0.15) is 24.0 Å². The summed E-state index contributed by atoms with van der Waals surface area (Å²) in [7, 11) is 1.57. The van der Waals surface area contributed by atoms with Crippen molar-refractivity contribution >= 4 is 11.9 Å². The van der Waals surface area contributed by atoms with Crippen molar-refractivity contribution in [3.8, 4) is 0 Å². The van der Waals surface area contributed by atoms with Crippen molar-refractivity contribution in [1.82, 2.24) is 15.1 Å². The van der Waals surface area contributed by atoms with Gasteiger partial charge in [0.1, 0.15) is 18.1 Å². The van der Waals surface area contributed by atoms with E-state index in [0.717, 1.165) is 11.3 Å². The Hall–Kier alpha value is -2.80. The van der Waals surface area contributed by atoms with Gasteiger partial charge < -0.3 is 24.3 Å². The number of rotatable bonds is 10. The van der Waals surface area contributed by atoms with E-state index >= 15 is 0 Å². The number of methoxy groups -OCH3 is 1. The third-order valence-electron chi connectivity index (χ3n) is 4.22. The van der Waals surface area contributed by atoms with Crippen molar-refractivity contribution in [2.45, 2.75) is 26.9 Å². The molecule has 1 heterocycles. The minimum Gasteiger partial charge on any atom is -0.464 e. The molecule has 1 N–H and O–H groups in total. The number of furan rings is 1. The van der Waals surface area contributed by atoms with Crippen LogP contribution in [0.25, 0.3) is 0 Å². The van der Waals surface area contributed by atoms with Gasteiger partial charge >= 0.3 is 6.03 Å². The third-order valence-corrected chi connectivity index (χ3v) is 4.22. The van der Waals surface area contributed by atoms with Crippen LogP contribution in [-0.4, -0.2) is 55.1 Å². The number of nitrogens with zero attached hydrogens (tertiary/aromatic N) is 2. The summed E-state index contributed by atoms with van der Waals surface area (Å²) in [5, 5.41) is 2.74. The van der Waals surface area contributed by atoms with E-state index in [1.54, 1.807) is 12.0 Å². The van der Waals surface area contributed by atoms with E-state index in [1.807, 2.05) is 56.3 Å². The normalized spacial score (nSPS) is 10.5. The molecule has 28 heavy (non-hydrogen) atoms. The molecule has 0 unspecified atom stereocenters. The fourth-order valence-corrected chi connectivity index (χ4v) is 2.77. The average molecular weight is 387 g/mol. The highest BCUT2D eigenvalue weighted by Crippen LogP contribution is 2.13. The van der Waals surface area contributed by atoms with Gasteiger partial charge in [-0.1, -0.05) is 30.3 Å². The number of amides is 3. The van der Waals surface area contributed by atoms with Crippen LogP contribution in [0.2, 0.25) is 0 Å². The van der Waals surface area contributed by atoms with Gasteiger partial charge in [-0.2, -0.15) is 0 Å². The van der Waals surface area contributed by atoms with Gasteiger partial charge in [0.2, 0.25) is 5.91 Å². The molecule has 2 rings (SSSR count). The molecule has 0 saturated heterocycles. The zero-order valence-corrected chi connectivity index (χ0v) is 16.8. The monoisotopic (exact) mass is 387 g/mol. The molecule has 7 heteroatoms. The first kappa shape index (κ1) is 21.5. The maximum atomic E-state index is 13.1. The van der Waals surface area contributed by atoms with Crippen LogP contribution in [0.3, 0.4) is 0 Å². The molecule has 0 aliphatic rings. The summed E-state index contributed by atoms with van der Waals surface area (Å²) >= 11 is 0. The maximum Gasteiger partial charge on any atom is 0.317 e. The second-order valence-corrected chi connectivity index (χ2v) is 6.50. The first-order valence-electron chi connectivity index (χ1n) is 9.42. The van der Waals surface area contributed by atoms with Gasteiger partial charge in [0.05, 0.1) is 13.2 Å². The van der Waals surface area contributed by atoms with E-state index in [1.165, 1.54) is 4.90 Å². The largest absolute Gasteiger partial charge is 0.464 e. The summed E-state index contributed by atoms with van der Waals surface area (Å²) in [6.45, 7) is 5.66. The molecular formula is C21H29N3O4. The summed E-state index contributed by atoms with van der Waals surface area (Å²) in [5.74, 6) is 1.36. The van der Waals surface area contributed by atoms with E-state index in [2.05, 4.69) is 5.32 Å². The molecule has 3 amide bonds. The molecule has 0 radical (unpaired) electrons. The zero-order valence-electron chi connectivity index (χ0n) is 16.8. The predicted octanol–water partition coefficient (Wildman–Crippen LogP) is 2.79. The molecule has 152 valence electrons. The van der Waals surface area contributed by atoms with Gasteiger partial charge in [0.15, 0.2) is 0 Å². The molecule has 0 saturated carbocycles. The van der Waals surface area contributed by atoms with Crippen LogP contribution in [0.4, 0.5) is 4.79 Å². The maximum absolute atomic E-state index is 13.1. The quantitative estimate of drug-likeness (QED) is 0.680. The Morgan fingerprint density at radius 1 is 1.07 bits per heavy atom. The minimum atomic E-state index is -0.276.